The summed E-state index contributed by atoms with van der Waals surface area (Å²) in [6.07, 6.45) is 3.85. The number of hydrogen-bond donors (Lipinski definition) is 1. The molecule has 3 aromatic carbocycles. The van der Waals surface area contributed by atoms with Crippen molar-refractivity contribution >= 4 is 29.1 Å². The van der Waals surface area contributed by atoms with Crippen LogP contribution in [-0.4, -0.2) is 35.6 Å². The second kappa shape index (κ2) is 13.0. The van der Waals surface area contributed by atoms with Gasteiger partial charge in [0.2, 0.25) is 11.8 Å². The molecule has 1 aliphatic carbocycles. The number of carbonyl (C=O) groups is 2. The lowest BCUT2D eigenvalue weighted by molar-refractivity contribution is -0.136. The van der Waals surface area contributed by atoms with E-state index in [4.69, 9.17) is 11.6 Å². The van der Waals surface area contributed by atoms with Crippen molar-refractivity contribution in [3.05, 3.63) is 106 Å². The van der Waals surface area contributed by atoms with Crippen molar-refractivity contribution in [3.63, 3.8) is 0 Å². The van der Waals surface area contributed by atoms with Crippen LogP contribution in [0, 0.1) is 11.6 Å². The number of rotatable bonds is 10. The third-order valence-electron chi connectivity index (χ3n) is 7.30. The van der Waals surface area contributed by atoms with Crippen LogP contribution in [0.4, 0.5) is 8.78 Å². The molecule has 4 rings (SSSR count). The molecule has 0 saturated heterocycles. The number of nitrogens with one attached hydrogen (secondary N) is 1. The van der Waals surface area contributed by atoms with Crippen molar-refractivity contribution in [2.45, 2.75) is 50.9 Å². The molecule has 8 heteroatoms. The molecule has 2 amide bonds. The minimum Gasteiger partial charge on any atom is -0.354 e. The second-order valence-corrected chi connectivity index (χ2v) is 10.4. The van der Waals surface area contributed by atoms with Crippen molar-refractivity contribution in [1.29, 1.82) is 0 Å². The molecular formula is C31H32ClF2N3O2. The summed E-state index contributed by atoms with van der Waals surface area (Å²) in [5.41, 5.74) is 2.23. The Morgan fingerprint density at radius 1 is 1.00 bits per heavy atom. The predicted octanol–water partition coefficient (Wildman–Crippen LogP) is 6.43. The van der Waals surface area contributed by atoms with Gasteiger partial charge >= 0.3 is 0 Å². The van der Waals surface area contributed by atoms with E-state index in [1.54, 1.807) is 55.5 Å². The first kappa shape index (κ1) is 28.4. The fraction of sp³-hybridized carbons (Fsp3) is 0.323. The van der Waals surface area contributed by atoms with Crippen LogP contribution in [-0.2, 0) is 21.4 Å². The first-order chi connectivity index (χ1) is 18.8. The molecule has 0 aliphatic heterocycles. The lowest BCUT2D eigenvalue weighted by Gasteiger charge is -2.30. The average Bonchev–Trinajstić information content (AvgIpc) is 3.41. The second-order valence-electron chi connectivity index (χ2n) is 10.0. The average molecular weight is 552 g/mol. The lowest BCUT2D eigenvalue weighted by atomic mass is 9.78. The van der Waals surface area contributed by atoms with Gasteiger partial charge in [-0.05, 0) is 73.2 Å². The smallest absolute Gasteiger partial charge is 0.243 e. The van der Waals surface area contributed by atoms with Gasteiger partial charge in [0.05, 0.1) is 5.71 Å². The minimum absolute atomic E-state index is 0.0150. The Bertz CT molecular complexity index is 1340. The van der Waals surface area contributed by atoms with Gasteiger partial charge in [-0.25, -0.2) is 13.8 Å². The molecule has 5 nitrogen and oxygen atoms in total. The number of carbonyl (C=O) groups excluding carboxylic acids is 2. The zero-order valence-electron chi connectivity index (χ0n) is 21.9. The Morgan fingerprint density at radius 2 is 1.72 bits per heavy atom. The van der Waals surface area contributed by atoms with Gasteiger partial charge < -0.3 is 5.32 Å². The van der Waals surface area contributed by atoms with E-state index in [1.165, 1.54) is 18.2 Å². The Hall–Kier alpha value is -3.58. The first-order valence-electron chi connectivity index (χ1n) is 13.1. The van der Waals surface area contributed by atoms with E-state index in [2.05, 4.69) is 10.4 Å². The van der Waals surface area contributed by atoms with E-state index in [9.17, 15) is 18.4 Å². The summed E-state index contributed by atoms with van der Waals surface area (Å²) in [7, 11) is 0. The molecule has 1 N–H and O–H groups in total. The summed E-state index contributed by atoms with van der Waals surface area (Å²) in [5, 5.41) is 9.16. The van der Waals surface area contributed by atoms with Gasteiger partial charge in [-0.2, -0.15) is 5.10 Å². The topological polar surface area (TPSA) is 61.8 Å². The molecule has 0 atom stereocenters. The van der Waals surface area contributed by atoms with E-state index in [0.29, 0.717) is 22.8 Å². The third kappa shape index (κ3) is 7.51. The van der Waals surface area contributed by atoms with Gasteiger partial charge in [-0.1, -0.05) is 66.9 Å². The van der Waals surface area contributed by atoms with E-state index < -0.39 is 5.91 Å². The maximum atomic E-state index is 14.1. The Balaban J connectivity index is 1.49. The molecule has 0 spiro atoms. The summed E-state index contributed by atoms with van der Waals surface area (Å²) >= 11 is 6.00. The Kier molecular flexibility index (Phi) is 9.46. The quantitative estimate of drug-likeness (QED) is 0.233. The third-order valence-corrected chi connectivity index (χ3v) is 7.55. The van der Waals surface area contributed by atoms with Crippen molar-refractivity contribution in [2.75, 3.05) is 13.1 Å². The highest BCUT2D eigenvalue weighted by molar-refractivity contribution is 6.30. The van der Waals surface area contributed by atoms with Gasteiger partial charge in [-0.3, -0.25) is 9.59 Å². The molecule has 1 aliphatic rings. The first-order valence-corrected chi connectivity index (χ1v) is 13.5. The molecule has 39 heavy (non-hydrogen) atoms. The minimum atomic E-state index is -0.401. The summed E-state index contributed by atoms with van der Waals surface area (Å²) in [6, 6.07) is 19.9. The van der Waals surface area contributed by atoms with Crippen LogP contribution in [0.3, 0.4) is 0 Å². The Morgan fingerprint density at radius 3 is 2.41 bits per heavy atom. The number of aryl methyl sites for hydroxylation is 1. The number of amides is 2. The fourth-order valence-corrected chi connectivity index (χ4v) is 5.20. The fourth-order valence-electron chi connectivity index (χ4n) is 5.08. The molecule has 1 saturated carbocycles. The van der Waals surface area contributed by atoms with Crippen LogP contribution >= 0.6 is 11.6 Å². The molecule has 0 aromatic heterocycles. The van der Waals surface area contributed by atoms with Crippen LogP contribution in [0.25, 0.3) is 0 Å². The van der Waals surface area contributed by atoms with Crippen molar-refractivity contribution in [1.82, 2.24) is 10.3 Å². The number of hydrazone groups is 1. The van der Waals surface area contributed by atoms with Crippen molar-refractivity contribution in [3.8, 4) is 0 Å². The van der Waals surface area contributed by atoms with Crippen LogP contribution in [0.1, 0.15) is 55.7 Å². The molecule has 1 fully saturated rings. The van der Waals surface area contributed by atoms with Crippen LogP contribution in [0.15, 0.2) is 77.9 Å². The number of benzene rings is 3. The van der Waals surface area contributed by atoms with Crippen molar-refractivity contribution in [2.24, 2.45) is 5.10 Å². The van der Waals surface area contributed by atoms with Gasteiger partial charge in [-0.15, -0.1) is 0 Å². The summed E-state index contributed by atoms with van der Waals surface area (Å²) in [4.78, 5) is 26.3. The largest absolute Gasteiger partial charge is 0.354 e. The van der Waals surface area contributed by atoms with E-state index in [1.807, 2.05) is 6.07 Å². The number of nitrogens with zero attached hydrogens (tertiary/aromatic N) is 2. The number of halogens is 3. The van der Waals surface area contributed by atoms with Gasteiger partial charge in [0, 0.05) is 23.4 Å². The van der Waals surface area contributed by atoms with Gasteiger partial charge in [0.15, 0.2) is 0 Å². The molecule has 204 valence electrons. The van der Waals surface area contributed by atoms with E-state index >= 15 is 0 Å². The highest BCUT2D eigenvalue weighted by Gasteiger charge is 2.36. The number of hydrogen-bond acceptors (Lipinski definition) is 3. The standard InChI is InChI=1S/C31H32ClF2N3O2/c1-22(23-11-14-26(32)15-12-23)36-37(30(39)16-13-24-7-2-3-10-28(24)34)20-29(38)35-21-31(17-4-5-18-31)25-8-6-9-27(33)19-25/h2-3,6-12,14-15,19H,4-5,13,16-18,20-21H2,1H3,(H,35,38)/b36-22+. The van der Waals surface area contributed by atoms with Crippen molar-refractivity contribution < 1.29 is 18.4 Å². The molecular weight excluding hydrogens is 520 g/mol. The highest BCUT2D eigenvalue weighted by Crippen LogP contribution is 2.40. The summed E-state index contributed by atoms with van der Waals surface area (Å²) in [6.45, 7) is 1.79. The molecule has 0 heterocycles. The zero-order valence-corrected chi connectivity index (χ0v) is 22.7. The molecule has 0 unspecified atom stereocenters. The monoisotopic (exact) mass is 551 g/mol. The summed E-state index contributed by atoms with van der Waals surface area (Å²) in [5.74, 6) is -1.45. The molecule has 0 bridgehead atoms. The maximum absolute atomic E-state index is 14.1. The maximum Gasteiger partial charge on any atom is 0.243 e. The van der Waals surface area contributed by atoms with Crippen LogP contribution in [0.5, 0.6) is 0 Å². The predicted molar refractivity (Wildman–Crippen MR) is 150 cm³/mol. The summed E-state index contributed by atoms with van der Waals surface area (Å²) < 4.78 is 28.1. The molecule has 0 radical (unpaired) electrons. The van der Waals surface area contributed by atoms with Gasteiger partial charge in [0.1, 0.15) is 18.2 Å². The van der Waals surface area contributed by atoms with E-state index in [0.717, 1.165) is 41.8 Å². The van der Waals surface area contributed by atoms with E-state index in [-0.39, 0.29) is 42.3 Å². The molecule has 3 aromatic rings. The van der Waals surface area contributed by atoms with Crippen LogP contribution in [0.2, 0.25) is 5.02 Å². The SMILES string of the molecule is C/C(=N\N(CC(=O)NCC1(c2cccc(F)c2)CCCC1)C(=O)CCc1ccccc1F)c1ccc(Cl)cc1. The van der Waals surface area contributed by atoms with Gasteiger partial charge in [0.25, 0.3) is 0 Å². The highest BCUT2D eigenvalue weighted by atomic mass is 35.5. The normalized spacial score (nSPS) is 14.7. The lowest BCUT2D eigenvalue weighted by Crippen LogP contribution is -2.44. The van der Waals surface area contributed by atoms with Crippen LogP contribution < -0.4 is 5.32 Å². The zero-order chi connectivity index (χ0) is 27.8. The Labute approximate surface area is 232 Å².